The first-order valence-corrected chi connectivity index (χ1v) is 8.51. The van der Waals surface area contributed by atoms with Gasteiger partial charge in [-0.3, -0.25) is 9.59 Å². The second kappa shape index (κ2) is 9.63. The minimum Gasteiger partial charge on any atom is -0.497 e. The Morgan fingerprint density at radius 1 is 1.15 bits per heavy atom. The molecule has 0 radical (unpaired) electrons. The number of carbonyl (C=O) groups is 2. The normalized spacial score (nSPS) is 11.8. The summed E-state index contributed by atoms with van der Waals surface area (Å²) in [5.74, 6) is 0.118. The van der Waals surface area contributed by atoms with Gasteiger partial charge < -0.3 is 15.4 Å². The Morgan fingerprint density at radius 3 is 2.50 bits per heavy atom. The van der Waals surface area contributed by atoms with Crippen molar-refractivity contribution in [3.8, 4) is 5.75 Å². The van der Waals surface area contributed by atoms with Crippen molar-refractivity contribution in [2.45, 2.75) is 19.5 Å². The van der Waals surface area contributed by atoms with Crippen LogP contribution in [0, 0.1) is 0 Å². The molecule has 2 N–H and O–H groups in total. The number of nitrogens with one attached hydrogen (secondary N) is 2. The highest BCUT2D eigenvalue weighted by molar-refractivity contribution is 6.31. The average Bonchev–Trinajstić information content (AvgIpc) is 2.65. The SMILES string of the molecule is COc1ccc(/C=C/C(=O)NC(C)C(=O)NCc2ccccc2Cl)cc1. The van der Waals surface area contributed by atoms with E-state index in [0.29, 0.717) is 11.6 Å². The van der Waals surface area contributed by atoms with E-state index in [0.717, 1.165) is 16.9 Å². The molecule has 0 bridgehead atoms. The fourth-order valence-corrected chi connectivity index (χ4v) is 2.39. The summed E-state index contributed by atoms with van der Waals surface area (Å²) in [6, 6.07) is 13.9. The molecular formula is C20H21ClN2O3. The fourth-order valence-electron chi connectivity index (χ4n) is 2.19. The Kier molecular flexibility index (Phi) is 7.24. The number of hydrogen-bond acceptors (Lipinski definition) is 3. The molecule has 1 atom stereocenters. The lowest BCUT2D eigenvalue weighted by molar-refractivity contribution is -0.126. The second-order valence-electron chi connectivity index (χ2n) is 5.65. The predicted octanol–water partition coefficient (Wildman–Crippen LogP) is 3.18. The molecule has 0 saturated heterocycles. The van der Waals surface area contributed by atoms with Gasteiger partial charge in [0.25, 0.3) is 0 Å². The second-order valence-corrected chi connectivity index (χ2v) is 6.05. The average molecular weight is 373 g/mol. The topological polar surface area (TPSA) is 67.4 Å². The number of carbonyl (C=O) groups excluding carboxylic acids is 2. The van der Waals surface area contributed by atoms with Crippen LogP contribution in [-0.4, -0.2) is 25.0 Å². The van der Waals surface area contributed by atoms with E-state index in [1.165, 1.54) is 6.08 Å². The molecule has 0 saturated carbocycles. The largest absolute Gasteiger partial charge is 0.497 e. The summed E-state index contributed by atoms with van der Waals surface area (Å²) in [6.45, 7) is 1.93. The van der Waals surface area contributed by atoms with Crippen LogP contribution in [0.2, 0.25) is 5.02 Å². The summed E-state index contributed by atoms with van der Waals surface area (Å²) < 4.78 is 5.08. The number of halogens is 1. The third-order valence-electron chi connectivity index (χ3n) is 3.71. The third kappa shape index (κ3) is 5.93. The highest BCUT2D eigenvalue weighted by atomic mass is 35.5. The van der Waals surface area contributed by atoms with Gasteiger partial charge in [-0.2, -0.15) is 0 Å². The molecule has 0 fully saturated rings. The van der Waals surface area contributed by atoms with Gasteiger partial charge in [-0.15, -0.1) is 0 Å². The number of amides is 2. The Balaban J connectivity index is 1.82. The molecule has 2 aromatic rings. The van der Waals surface area contributed by atoms with Crippen molar-refractivity contribution < 1.29 is 14.3 Å². The fraction of sp³-hybridized carbons (Fsp3) is 0.200. The zero-order valence-corrected chi connectivity index (χ0v) is 15.4. The van der Waals surface area contributed by atoms with Gasteiger partial charge in [0.05, 0.1) is 7.11 Å². The molecule has 136 valence electrons. The molecule has 0 aromatic heterocycles. The first kappa shape index (κ1) is 19.5. The summed E-state index contributed by atoms with van der Waals surface area (Å²) in [4.78, 5) is 24.1. The molecule has 2 rings (SSSR count). The Labute approximate surface area is 158 Å². The van der Waals surface area contributed by atoms with Crippen LogP contribution in [0.1, 0.15) is 18.1 Å². The Bertz CT molecular complexity index is 788. The molecule has 0 aliphatic carbocycles. The van der Waals surface area contributed by atoms with Crippen LogP contribution < -0.4 is 15.4 Å². The predicted molar refractivity (Wildman–Crippen MR) is 103 cm³/mol. The van der Waals surface area contributed by atoms with Crippen LogP contribution >= 0.6 is 11.6 Å². The molecule has 2 aromatic carbocycles. The maximum atomic E-state index is 12.1. The molecule has 0 aliphatic rings. The van der Waals surface area contributed by atoms with Gasteiger partial charge in [0, 0.05) is 17.6 Å². The molecule has 0 spiro atoms. The van der Waals surface area contributed by atoms with Crippen molar-refractivity contribution in [3.05, 3.63) is 70.8 Å². The first-order valence-electron chi connectivity index (χ1n) is 8.13. The Hall–Kier alpha value is -2.79. The lowest BCUT2D eigenvalue weighted by Crippen LogP contribution is -2.44. The van der Waals surface area contributed by atoms with Gasteiger partial charge in [0.2, 0.25) is 11.8 Å². The van der Waals surface area contributed by atoms with E-state index in [9.17, 15) is 9.59 Å². The summed E-state index contributed by atoms with van der Waals surface area (Å²) in [5.41, 5.74) is 1.68. The number of hydrogen-bond donors (Lipinski definition) is 2. The van der Waals surface area contributed by atoms with E-state index in [1.807, 2.05) is 42.5 Å². The summed E-state index contributed by atoms with van der Waals surface area (Å²) in [5, 5.41) is 5.97. The Morgan fingerprint density at radius 2 is 1.85 bits per heavy atom. The van der Waals surface area contributed by atoms with E-state index >= 15 is 0 Å². The number of rotatable bonds is 7. The van der Waals surface area contributed by atoms with E-state index in [4.69, 9.17) is 16.3 Å². The van der Waals surface area contributed by atoms with E-state index < -0.39 is 6.04 Å². The minimum atomic E-state index is -0.662. The maximum Gasteiger partial charge on any atom is 0.244 e. The first-order chi connectivity index (χ1) is 12.5. The van der Waals surface area contributed by atoms with Crippen molar-refractivity contribution in [2.75, 3.05) is 7.11 Å². The molecule has 2 amide bonds. The zero-order valence-electron chi connectivity index (χ0n) is 14.7. The standard InChI is InChI=1S/C20H21ClN2O3/c1-14(20(25)22-13-16-5-3-4-6-18(16)21)23-19(24)12-9-15-7-10-17(26-2)11-8-15/h3-12,14H,13H2,1-2H3,(H,22,25)(H,23,24)/b12-9+. The third-order valence-corrected chi connectivity index (χ3v) is 4.07. The van der Waals surface area contributed by atoms with Crippen LogP contribution in [0.3, 0.4) is 0 Å². The van der Waals surface area contributed by atoms with Crippen LogP contribution in [0.4, 0.5) is 0 Å². The molecule has 26 heavy (non-hydrogen) atoms. The number of ether oxygens (including phenoxy) is 1. The summed E-state index contributed by atoms with van der Waals surface area (Å²) >= 11 is 6.05. The van der Waals surface area contributed by atoms with Gasteiger partial charge >= 0.3 is 0 Å². The van der Waals surface area contributed by atoms with Gasteiger partial charge in [-0.05, 0) is 42.3 Å². The number of methoxy groups -OCH3 is 1. The summed E-state index contributed by atoms with van der Waals surface area (Å²) in [6.07, 6.45) is 3.06. The van der Waals surface area contributed by atoms with E-state index in [-0.39, 0.29) is 11.8 Å². The summed E-state index contributed by atoms with van der Waals surface area (Å²) in [7, 11) is 1.59. The zero-order chi connectivity index (χ0) is 18.9. The van der Waals surface area contributed by atoms with Crippen molar-refractivity contribution >= 4 is 29.5 Å². The molecule has 0 heterocycles. The highest BCUT2D eigenvalue weighted by Gasteiger charge is 2.14. The van der Waals surface area contributed by atoms with Crippen molar-refractivity contribution in [2.24, 2.45) is 0 Å². The van der Waals surface area contributed by atoms with Crippen LogP contribution in [0.15, 0.2) is 54.6 Å². The monoisotopic (exact) mass is 372 g/mol. The van der Waals surface area contributed by atoms with Gasteiger partial charge in [-0.1, -0.05) is 41.9 Å². The van der Waals surface area contributed by atoms with Crippen molar-refractivity contribution in [1.29, 1.82) is 0 Å². The van der Waals surface area contributed by atoms with E-state index in [1.54, 1.807) is 26.2 Å². The van der Waals surface area contributed by atoms with Crippen LogP contribution in [-0.2, 0) is 16.1 Å². The van der Waals surface area contributed by atoms with Crippen molar-refractivity contribution in [3.63, 3.8) is 0 Å². The molecule has 0 aliphatic heterocycles. The van der Waals surface area contributed by atoms with Crippen molar-refractivity contribution in [1.82, 2.24) is 10.6 Å². The van der Waals surface area contributed by atoms with Gasteiger partial charge in [-0.25, -0.2) is 0 Å². The number of benzene rings is 2. The van der Waals surface area contributed by atoms with Crippen LogP contribution in [0.25, 0.3) is 6.08 Å². The van der Waals surface area contributed by atoms with Crippen LogP contribution in [0.5, 0.6) is 5.75 Å². The minimum absolute atomic E-state index is 0.281. The van der Waals surface area contributed by atoms with E-state index in [2.05, 4.69) is 10.6 Å². The molecule has 6 heteroatoms. The molecule has 1 unspecified atom stereocenters. The maximum absolute atomic E-state index is 12.1. The quantitative estimate of drug-likeness (QED) is 0.733. The lowest BCUT2D eigenvalue weighted by Gasteiger charge is -2.13. The van der Waals surface area contributed by atoms with Gasteiger partial charge in [0.1, 0.15) is 11.8 Å². The molecule has 5 nitrogen and oxygen atoms in total. The van der Waals surface area contributed by atoms with Gasteiger partial charge in [0.15, 0.2) is 0 Å². The highest BCUT2D eigenvalue weighted by Crippen LogP contribution is 2.14. The molecular weight excluding hydrogens is 352 g/mol. The lowest BCUT2D eigenvalue weighted by atomic mass is 10.2. The smallest absolute Gasteiger partial charge is 0.244 e.